The molecule has 0 amide bonds. The molecule has 4 aromatic rings. The Hall–Kier alpha value is -1.72. The zero-order chi connectivity index (χ0) is 22.2. The number of aromatic nitrogens is 5. The summed E-state index contributed by atoms with van der Waals surface area (Å²) in [6.45, 7) is 8.65. The van der Waals surface area contributed by atoms with E-state index >= 15 is 0 Å². The third-order valence-electron chi connectivity index (χ3n) is 5.06. The zero-order valence-corrected chi connectivity index (χ0v) is 21.6. The Kier molecular flexibility index (Phi) is 6.54. The van der Waals surface area contributed by atoms with Crippen LogP contribution < -0.4 is 0 Å². The van der Waals surface area contributed by atoms with Crippen molar-refractivity contribution in [2.45, 2.75) is 39.0 Å². The highest BCUT2D eigenvalue weighted by atomic mass is 79.9. The lowest BCUT2D eigenvalue weighted by Gasteiger charge is -2.16. The number of hydrogen-bond acceptors (Lipinski definition) is 6. The number of thiol groups is 1. The third-order valence-corrected chi connectivity index (χ3v) is 7.48. The molecule has 4 rings (SSSR count). The molecular weight excluding hydrogens is 494 g/mol. The minimum atomic E-state index is -1.18. The number of halogens is 1. The van der Waals surface area contributed by atoms with Crippen molar-refractivity contribution < 1.29 is 9.47 Å². The van der Waals surface area contributed by atoms with E-state index in [0.29, 0.717) is 24.7 Å². The third kappa shape index (κ3) is 4.73. The Morgan fingerprint density at radius 3 is 2.77 bits per heavy atom. The summed E-state index contributed by atoms with van der Waals surface area (Å²) in [6, 6.07) is 9.21. The fourth-order valence-corrected chi connectivity index (χ4v) is 4.79. The molecule has 1 aromatic carbocycles. The normalized spacial score (nSPS) is 12.3. The van der Waals surface area contributed by atoms with E-state index in [9.17, 15) is 0 Å². The number of ether oxygens (including phenoxy) is 2. The van der Waals surface area contributed by atoms with Crippen molar-refractivity contribution in [2.24, 2.45) is 0 Å². The molecule has 0 radical (unpaired) electrons. The molecule has 0 aliphatic heterocycles. The van der Waals surface area contributed by atoms with Gasteiger partial charge in [0, 0.05) is 38.0 Å². The molecule has 0 saturated carbocycles. The molecule has 10 heteroatoms. The molecule has 0 aliphatic rings. The number of methoxy groups -OCH3 is 1. The van der Waals surface area contributed by atoms with Gasteiger partial charge in [-0.3, -0.25) is 4.57 Å². The molecule has 3 heterocycles. The second kappa shape index (κ2) is 9.03. The van der Waals surface area contributed by atoms with Crippen molar-refractivity contribution in [3.05, 3.63) is 40.5 Å². The summed E-state index contributed by atoms with van der Waals surface area (Å²) in [5.41, 5.74) is 4.29. The second-order valence-corrected chi connectivity index (χ2v) is 15.6. The summed E-state index contributed by atoms with van der Waals surface area (Å²) in [5.74, 6) is 0.726. The summed E-state index contributed by atoms with van der Waals surface area (Å²) >= 11 is 7.98. The van der Waals surface area contributed by atoms with Crippen LogP contribution in [0, 0.1) is 0 Å². The number of imidazole rings is 1. The van der Waals surface area contributed by atoms with Gasteiger partial charge in [0.1, 0.15) is 12.4 Å². The maximum Gasteiger partial charge on any atom is 0.170 e. The predicted octanol–water partition coefficient (Wildman–Crippen LogP) is 5.36. The molecule has 0 saturated heterocycles. The smallest absolute Gasteiger partial charge is 0.170 e. The molecule has 0 unspecified atom stereocenters. The molecule has 3 aromatic heterocycles. The lowest BCUT2D eigenvalue weighted by molar-refractivity contribution is 0.0909. The molecule has 164 valence electrons. The second-order valence-electron chi connectivity index (χ2n) is 8.69. The van der Waals surface area contributed by atoms with E-state index in [4.69, 9.17) is 14.5 Å². The number of nitrogens with zero attached hydrogens (tertiary/aromatic N) is 5. The number of rotatable bonds is 8. The van der Waals surface area contributed by atoms with Gasteiger partial charge in [0.25, 0.3) is 0 Å². The monoisotopic (exact) mass is 519 g/mol. The van der Waals surface area contributed by atoms with E-state index in [1.54, 1.807) is 13.3 Å². The van der Waals surface area contributed by atoms with Crippen molar-refractivity contribution in [3.63, 3.8) is 0 Å². The van der Waals surface area contributed by atoms with Gasteiger partial charge in [0.05, 0.1) is 23.0 Å². The van der Waals surface area contributed by atoms with Gasteiger partial charge in [-0.15, -0.1) is 0 Å². The van der Waals surface area contributed by atoms with Gasteiger partial charge in [0.2, 0.25) is 0 Å². The molecule has 0 fully saturated rings. The van der Waals surface area contributed by atoms with E-state index < -0.39 is 8.07 Å². The van der Waals surface area contributed by atoms with Crippen molar-refractivity contribution >= 4 is 58.9 Å². The number of fused-ring (bicyclic) bond motifs is 2. The van der Waals surface area contributed by atoms with Gasteiger partial charge in [-0.05, 0) is 46.9 Å². The molecule has 0 bridgehead atoms. The van der Waals surface area contributed by atoms with E-state index in [-0.39, 0.29) is 0 Å². The van der Waals surface area contributed by atoms with Crippen molar-refractivity contribution in [1.29, 1.82) is 0 Å². The average Bonchev–Trinajstić information content (AvgIpc) is 3.23. The summed E-state index contributed by atoms with van der Waals surface area (Å²) in [7, 11) is 0.515. The Labute approximate surface area is 196 Å². The van der Waals surface area contributed by atoms with Crippen LogP contribution in [-0.2, 0) is 22.8 Å². The average molecular weight is 521 g/mol. The Bertz CT molecular complexity index is 1230. The Morgan fingerprint density at radius 1 is 1.23 bits per heavy atom. The van der Waals surface area contributed by atoms with E-state index in [1.807, 2.05) is 18.2 Å². The minimum absolute atomic E-state index is 0.398. The highest BCUT2D eigenvalue weighted by Crippen LogP contribution is 2.32. The van der Waals surface area contributed by atoms with E-state index in [1.165, 1.54) is 4.09 Å². The summed E-state index contributed by atoms with van der Waals surface area (Å²) < 4.78 is 15.9. The van der Waals surface area contributed by atoms with Crippen LogP contribution in [0.1, 0.15) is 5.56 Å². The maximum absolute atomic E-state index is 6.11. The summed E-state index contributed by atoms with van der Waals surface area (Å²) in [6.07, 6.45) is 1.74. The number of pyridine rings is 1. The largest absolute Gasteiger partial charge is 0.380 e. The first kappa shape index (κ1) is 22.5. The van der Waals surface area contributed by atoms with Crippen LogP contribution in [-0.4, -0.2) is 45.5 Å². The topological polar surface area (TPSA) is 67.0 Å². The highest BCUT2D eigenvalue weighted by Gasteiger charge is 2.22. The standard InChI is InChI=1S/C21H26BrN5O2SSi/c1-28-12-14-6-5-7-17-18(14)24-21(26(17)13-29-8-9-31(2,3)4)19-16-10-15(22)11-23-20(16)27(30)25-19/h5-7,10-11,30H,8-9,12-13H2,1-4H3. The Morgan fingerprint density at radius 2 is 2.03 bits per heavy atom. The van der Waals surface area contributed by atoms with Crippen LogP contribution in [0.2, 0.25) is 25.7 Å². The Balaban J connectivity index is 1.84. The zero-order valence-electron chi connectivity index (χ0n) is 18.1. The van der Waals surface area contributed by atoms with Gasteiger partial charge in [-0.25, -0.2) is 9.97 Å². The first-order valence-electron chi connectivity index (χ1n) is 10.1. The SMILES string of the molecule is COCc1cccc2c1nc(-c1nn(S)c3ncc(Br)cc13)n2COCC[Si](C)(C)C. The lowest BCUT2D eigenvalue weighted by Crippen LogP contribution is -2.22. The van der Waals surface area contributed by atoms with Crippen molar-refractivity contribution in [1.82, 2.24) is 23.7 Å². The van der Waals surface area contributed by atoms with Crippen molar-refractivity contribution in [2.75, 3.05) is 13.7 Å². The highest BCUT2D eigenvalue weighted by molar-refractivity contribution is 9.10. The first-order chi connectivity index (χ1) is 14.8. The van der Waals surface area contributed by atoms with Gasteiger partial charge in [-0.2, -0.15) is 9.19 Å². The number of para-hydroxylation sites is 1. The first-order valence-corrected chi connectivity index (χ1v) is 15.0. The maximum atomic E-state index is 6.11. The molecule has 0 spiro atoms. The minimum Gasteiger partial charge on any atom is -0.380 e. The van der Waals surface area contributed by atoms with Gasteiger partial charge >= 0.3 is 0 Å². The van der Waals surface area contributed by atoms with Crippen LogP contribution in [0.3, 0.4) is 0 Å². The van der Waals surface area contributed by atoms with Gasteiger partial charge in [0.15, 0.2) is 11.5 Å². The molecule has 7 nitrogen and oxygen atoms in total. The predicted molar refractivity (Wildman–Crippen MR) is 133 cm³/mol. The van der Waals surface area contributed by atoms with Crippen LogP contribution in [0.5, 0.6) is 0 Å². The lowest BCUT2D eigenvalue weighted by atomic mass is 10.2. The van der Waals surface area contributed by atoms with Crippen LogP contribution in [0.25, 0.3) is 33.6 Å². The summed E-state index contributed by atoms with van der Waals surface area (Å²) in [4.78, 5) is 9.43. The quantitative estimate of drug-likeness (QED) is 0.192. The van der Waals surface area contributed by atoms with Crippen LogP contribution in [0.4, 0.5) is 0 Å². The van der Waals surface area contributed by atoms with Crippen LogP contribution in [0.15, 0.2) is 34.9 Å². The van der Waals surface area contributed by atoms with Crippen molar-refractivity contribution in [3.8, 4) is 11.5 Å². The summed E-state index contributed by atoms with van der Waals surface area (Å²) in [5, 5.41) is 5.51. The fourth-order valence-electron chi connectivity index (χ4n) is 3.45. The molecule has 0 atom stereocenters. The molecule has 0 N–H and O–H groups in total. The number of benzene rings is 1. The van der Waals surface area contributed by atoms with Gasteiger partial charge < -0.3 is 9.47 Å². The molecule has 0 aliphatic carbocycles. The van der Waals surface area contributed by atoms with Gasteiger partial charge in [-0.1, -0.05) is 31.8 Å². The fraction of sp³-hybridized carbons (Fsp3) is 0.381. The van der Waals surface area contributed by atoms with E-state index in [2.05, 4.69) is 69.1 Å². The molecular formula is C21H26BrN5O2SSi. The molecule has 31 heavy (non-hydrogen) atoms. The van der Waals surface area contributed by atoms with E-state index in [0.717, 1.165) is 44.9 Å². The van der Waals surface area contributed by atoms with Crippen LogP contribution >= 0.6 is 28.7 Å². The number of hydrogen-bond donors (Lipinski definition) is 1.